The van der Waals surface area contributed by atoms with Crippen LogP contribution >= 0.6 is 11.6 Å². The van der Waals surface area contributed by atoms with E-state index in [0.717, 1.165) is 0 Å². The Bertz CT molecular complexity index is 439. The molecule has 19 heavy (non-hydrogen) atoms. The number of benzene rings is 1. The molecule has 6 heteroatoms. The van der Waals surface area contributed by atoms with E-state index in [1.54, 1.807) is 6.07 Å². The van der Waals surface area contributed by atoms with Gasteiger partial charge in [-0.2, -0.15) is 13.2 Å². The quantitative estimate of drug-likeness (QED) is 0.756. The van der Waals surface area contributed by atoms with Crippen molar-refractivity contribution in [3.05, 3.63) is 29.0 Å². The monoisotopic (exact) mass is 295 g/mol. The predicted molar refractivity (Wildman–Crippen MR) is 66.8 cm³/mol. The van der Waals surface area contributed by atoms with E-state index >= 15 is 0 Å². The molecule has 0 radical (unpaired) electrons. The summed E-state index contributed by atoms with van der Waals surface area (Å²) in [7, 11) is 0. The van der Waals surface area contributed by atoms with Crippen molar-refractivity contribution >= 4 is 17.3 Å². The van der Waals surface area contributed by atoms with E-state index in [2.05, 4.69) is 5.32 Å². The van der Waals surface area contributed by atoms with Gasteiger partial charge in [-0.1, -0.05) is 17.7 Å². The van der Waals surface area contributed by atoms with Crippen LogP contribution in [0.2, 0.25) is 5.02 Å². The van der Waals surface area contributed by atoms with Gasteiger partial charge in [-0.25, -0.2) is 4.39 Å². The molecule has 1 fully saturated rings. The molecule has 0 saturated heterocycles. The first-order valence-electron chi connectivity index (χ1n) is 6.15. The first-order valence-corrected chi connectivity index (χ1v) is 6.53. The number of rotatable bonds is 2. The number of hydrogen-bond acceptors (Lipinski definition) is 1. The molecule has 0 bridgehead atoms. The van der Waals surface area contributed by atoms with Crippen LogP contribution in [0.4, 0.5) is 23.2 Å². The molecular formula is C13H14ClF4N. The smallest absolute Gasteiger partial charge is 0.380 e. The molecular weight excluding hydrogens is 282 g/mol. The lowest BCUT2D eigenvalue weighted by molar-refractivity contribution is -0.182. The van der Waals surface area contributed by atoms with Crippen LogP contribution in [0.1, 0.15) is 25.7 Å². The van der Waals surface area contributed by atoms with Crippen molar-refractivity contribution in [2.24, 2.45) is 5.92 Å². The maximum Gasteiger partial charge on any atom is 0.391 e. The van der Waals surface area contributed by atoms with Crippen LogP contribution in [0.5, 0.6) is 0 Å². The Labute approximate surface area is 113 Å². The van der Waals surface area contributed by atoms with Gasteiger partial charge in [0, 0.05) is 6.04 Å². The lowest BCUT2D eigenvalue weighted by atomic mass is 9.85. The number of halogens is 5. The van der Waals surface area contributed by atoms with E-state index < -0.39 is 17.9 Å². The van der Waals surface area contributed by atoms with Gasteiger partial charge in [-0.05, 0) is 37.8 Å². The van der Waals surface area contributed by atoms with Crippen LogP contribution in [0.3, 0.4) is 0 Å². The van der Waals surface area contributed by atoms with E-state index in [1.807, 2.05) is 0 Å². The highest BCUT2D eigenvalue weighted by Gasteiger charge is 2.41. The number of anilines is 1. The topological polar surface area (TPSA) is 12.0 Å². The Kier molecular flexibility index (Phi) is 4.23. The fourth-order valence-electron chi connectivity index (χ4n) is 2.40. The molecule has 1 saturated carbocycles. The van der Waals surface area contributed by atoms with Gasteiger partial charge in [0.05, 0.1) is 16.6 Å². The highest BCUT2D eigenvalue weighted by Crippen LogP contribution is 2.38. The fraction of sp³-hybridized carbons (Fsp3) is 0.538. The maximum absolute atomic E-state index is 13.6. The molecule has 0 amide bonds. The molecule has 1 N–H and O–H groups in total. The van der Waals surface area contributed by atoms with Gasteiger partial charge in [0.1, 0.15) is 0 Å². The molecule has 1 aliphatic rings. The molecule has 1 aliphatic carbocycles. The van der Waals surface area contributed by atoms with E-state index in [-0.39, 0.29) is 29.6 Å². The summed E-state index contributed by atoms with van der Waals surface area (Å²) in [6.45, 7) is 0. The summed E-state index contributed by atoms with van der Waals surface area (Å²) >= 11 is 5.65. The summed E-state index contributed by atoms with van der Waals surface area (Å²) < 4.78 is 51.2. The Morgan fingerprint density at radius 3 is 2.32 bits per heavy atom. The normalized spacial score (nSPS) is 24.3. The van der Waals surface area contributed by atoms with Crippen molar-refractivity contribution in [1.82, 2.24) is 0 Å². The molecule has 1 aromatic carbocycles. The third kappa shape index (κ3) is 3.53. The highest BCUT2D eigenvalue weighted by atomic mass is 35.5. The van der Waals surface area contributed by atoms with E-state index in [1.165, 1.54) is 12.1 Å². The van der Waals surface area contributed by atoms with Crippen LogP contribution < -0.4 is 5.32 Å². The minimum Gasteiger partial charge on any atom is -0.380 e. The molecule has 0 aromatic heterocycles. The van der Waals surface area contributed by atoms with Crippen LogP contribution in [0.25, 0.3) is 0 Å². The summed E-state index contributed by atoms with van der Waals surface area (Å²) in [5.41, 5.74) is 0.253. The number of alkyl halides is 3. The lowest BCUT2D eigenvalue weighted by Crippen LogP contribution is -2.33. The third-order valence-corrected chi connectivity index (χ3v) is 3.79. The Morgan fingerprint density at radius 2 is 1.74 bits per heavy atom. The minimum atomic E-state index is -4.12. The largest absolute Gasteiger partial charge is 0.391 e. The van der Waals surface area contributed by atoms with E-state index in [9.17, 15) is 17.6 Å². The Balaban J connectivity index is 1.94. The van der Waals surface area contributed by atoms with Crippen LogP contribution in [0, 0.1) is 11.7 Å². The standard InChI is InChI=1S/C13H14ClF4N/c14-10-2-1-3-11(12(10)15)19-9-6-4-8(5-7-9)13(16,17)18/h1-3,8-9,19H,4-7H2. The molecule has 1 nitrogen and oxygen atoms in total. The summed E-state index contributed by atoms with van der Waals surface area (Å²) in [5, 5.41) is 2.94. The third-order valence-electron chi connectivity index (χ3n) is 3.50. The molecule has 1 aromatic rings. The highest BCUT2D eigenvalue weighted by molar-refractivity contribution is 6.31. The van der Waals surface area contributed by atoms with Crippen molar-refractivity contribution in [1.29, 1.82) is 0 Å². The average Bonchev–Trinajstić information content (AvgIpc) is 2.35. The van der Waals surface area contributed by atoms with Gasteiger partial charge in [-0.3, -0.25) is 0 Å². The summed E-state index contributed by atoms with van der Waals surface area (Å²) in [6.07, 6.45) is -3.18. The van der Waals surface area contributed by atoms with Crippen molar-refractivity contribution in [2.75, 3.05) is 5.32 Å². The van der Waals surface area contributed by atoms with Gasteiger partial charge in [0.25, 0.3) is 0 Å². The van der Waals surface area contributed by atoms with Crippen molar-refractivity contribution in [3.63, 3.8) is 0 Å². The summed E-state index contributed by atoms with van der Waals surface area (Å²) in [5.74, 6) is -1.78. The van der Waals surface area contributed by atoms with Gasteiger partial charge >= 0.3 is 6.18 Å². The SMILES string of the molecule is Fc1c(Cl)cccc1NC1CCC(C(F)(F)F)CC1. The molecule has 0 aliphatic heterocycles. The Hall–Kier alpha value is -0.970. The number of nitrogens with one attached hydrogen (secondary N) is 1. The number of hydrogen-bond donors (Lipinski definition) is 1. The maximum atomic E-state index is 13.6. The second-order valence-electron chi connectivity index (χ2n) is 4.84. The van der Waals surface area contributed by atoms with Gasteiger partial charge < -0.3 is 5.32 Å². The molecule has 106 valence electrons. The molecule has 0 unspecified atom stereocenters. The van der Waals surface area contributed by atoms with Gasteiger partial charge in [-0.15, -0.1) is 0 Å². The molecule has 2 rings (SSSR count). The van der Waals surface area contributed by atoms with E-state index in [0.29, 0.717) is 12.8 Å². The van der Waals surface area contributed by atoms with Crippen LogP contribution in [0.15, 0.2) is 18.2 Å². The summed E-state index contributed by atoms with van der Waals surface area (Å²) in [4.78, 5) is 0. The fourth-order valence-corrected chi connectivity index (χ4v) is 2.57. The lowest BCUT2D eigenvalue weighted by Gasteiger charge is -2.31. The summed E-state index contributed by atoms with van der Waals surface area (Å²) in [6, 6.07) is 4.45. The zero-order valence-electron chi connectivity index (χ0n) is 10.1. The van der Waals surface area contributed by atoms with Crippen LogP contribution in [-0.4, -0.2) is 12.2 Å². The predicted octanol–water partition coefficient (Wildman–Crippen LogP) is 5.01. The average molecular weight is 296 g/mol. The second-order valence-corrected chi connectivity index (χ2v) is 5.24. The van der Waals surface area contributed by atoms with Crippen molar-refractivity contribution < 1.29 is 17.6 Å². The van der Waals surface area contributed by atoms with Crippen molar-refractivity contribution in [3.8, 4) is 0 Å². The Morgan fingerprint density at radius 1 is 1.11 bits per heavy atom. The zero-order chi connectivity index (χ0) is 14.0. The van der Waals surface area contributed by atoms with Gasteiger partial charge in [0.15, 0.2) is 5.82 Å². The molecule has 0 atom stereocenters. The first-order chi connectivity index (χ1) is 8.88. The second kappa shape index (κ2) is 5.57. The zero-order valence-corrected chi connectivity index (χ0v) is 10.9. The first kappa shape index (κ1) is 14.4. The van der Waals surface area contributed by atoms with E-state index in [4.69, 9.17) is 11.6 Å². The van der Waals surface area contributed by atoms with Gasteiger partial charge in [0.2, 0.25) is 0 Å². The van der Waals surface area contributed by atoms with Crippen molar-refractivity contribution in [2.45, 2.75) is 37.9 Å². The van der Waals surface area contributed by atoms with Crippen LogP contribution in [-0.2, 0) is 0 Å². The minimum absolute atomic E-state index is 0.00831. The molecule has 0 spiro atoms. The molecule has 0 heterocycles.